The Hall–Kier alpha value is -2.94. The van der Waals surface area contributed by atoms with Gasteiger partial charge in [0.15, 0.2) is 10.9 Å². The Balaban J connectivity index is 1.47. The van der Waals surface area contributed by atoms with Gasteiger partial charge in [-0.1, -0.05) is 6.42 Å². The molecule has 3 heterocycles. The van der Waals surface area contributed by atoms with E-state index in [2.05, 4.69) is 25.5 Å². The average Bonchev–Trinajstić information content (AvgIpc) is 3.18. The van der Waals surface area contributed by atoms with Crippen molar-refractivity contribution in [1.29, 1.82) is 0 Å². The van der Waals surface area contributed by atoms with E-state index in [4.69, 9.17) is 0 Å². The van der Waals surface area contributed by atoms with Crippen molar-refractivity contribution in [3.63, 3.8) is 0 Å². The maximum Gasteiger partial charge on any atom is 0.221 e. The van der Waals surface area contributed by atoms with Crippen LogP contribution in [0.4, 0.5) is 21.2 Å². The molecule has 7 nitrogen and oxygen atoms in total. The van der Waals surface area contributed by atoms with E-state index < -0.39 is 0 Å². The number of aromatic nitrogens is 4. The fraction of sp³-hybridized carbons (Fsp3) is 0.278. The fourth-order valence-electron chi connectivity index (χ4n) is 3.22. The average molecular weight is 384 g/mol. The zero-order chi connectivity index (χ0) is 18.7. The van der Waals surface area contributed by atoms with Crippen molar-refractivity contribution in [3.8, 4) is 0 Å². The van der Waals surface area contributed by atoms with Crippen molar-refractivity contribution in [1.82, 2.24) is 20.2 Å². The van der Waals surface area contributed by atoms with Crippen LogP contribution < -0.4 is 10.2 Å². The summed E-state index contributed by atoms with van der Waals surface area (Å²) in [5.41, 5.74) is 0.186. The van der Waals surface area contributed by atoms with Gasteiger partial charge in [-0.3, -0.25) is 9.78 Å². The lowest BCUT2D eigenvalue weighted by molar-refractivity contribution is -0.106. The topological polar surface area (TPSA) is 83.9 Å². The SMILES string of the molecule is O=CN(c1ccc(NCC2(c3ncccc3F)CCC2)nn1)c1nccs1. The van der Waals surface area contributed by atoms with Gasteiger partial charge in [0.1, 0.15) is 11.6 Å². The molecule has 1 fully saturated rings. The van der Waals surface area contributed by atoms with Gasteiger partial charge in [0.25, 0.3) is 0 Å². The van der Waals surface area contributed by atoms with Gasteiger partial charge in [-0.15, -0.1) is 21.5 Å². The van der Waals surface area contributed by atoms with Gasteiger partial charge >= 0.3 is 0 Å². The minimum Gasteiger partial charge on any atom is -0.368 e. The minimum absolute atomic E-state index is 0.273. The Morgan fingerprint density at radius 1 is 1.22 bits per heavy atom. The molecule has 3 aromatic rings. The van der Waals surface area contributed by atoms with Gasteiger partial charge in [0.05, 0.1) is 5.69 Å². The van der Waals surface area contributed by atoms with Gasteiger partial charge in [-0.2, -0.15) is 0 Å². The van der Waals surface area contributed by atoms with Crippen LogP contribution in [0, 0.1) is 5.82 Å². The first-order valence-corrected chi connectivity index (χ1v) is 9.42. The highest BCUT2D eigenvalue weighted by Crippen LogP contribution is 2.43. The van der Waals surface area contributed by atoms with E-state index in [-0.39, 0.29) is 11.2 Å². The van der Waals surface area contributed by atoms with Crippen LogP contribution >= 0.6 is 11.3 Å². The molecule has 1 aliphatic carbocycles. The third kappa shape index (κ3) is 3.37. The molecule has 0 saturated heterocycles. The molecule has 0 spiro atoms. The quantitative estimate of drug-likeness (QED) is 0.629. The standard InChI is InChI=1S/C18H17FN6OS/c19-13-3-1-8-20-16(13)18(6-2-7-18)11-22-14-4-5-15(24-23-14)25(12-26)17-21-9-10-27-17/h1,3-5,8-10,12H,2,6-7,11H2,(H,22,23). The second-order valence-electron chi connectivity index (χ2n) is 6.39. The summed E-state index contributed by atoms with van der Waals surface area (Å²) in [6.07, 6.45) is 6.70. The maximum atomic E-state index is 14.2. The van der Waals surface area contributed by atoms with Crippen molar-refractivity contribution < 1.29 is 9.18 Å². The first kappa shape index (κ1) is 17.5. The third-order valence-corrected chi connectivity index (χ3v) is 5.58. The Labute approximate surface area is 159 Å². The molecule has 1 N–H and O–H groups in total. The molecule has 27 heavy (non-hydrogen) atoms. The molecule has 3 aromatic heterocycles. The monoisotopic (exact) mass is 384 g/mol. The molecule has 0 unspecified atom stereocenters. The predicted molar refractivity (Wildman–Crippen MR) is 101 cm³/mol. The van der Waals surface area contributed by atoms with Gasteiger partial charge in [0, 0.05) is 29.7 Å². The summed E-state index contributed by atoms with van der Waals surface area (Å²) in [5, 5.41) is 13.8. The molecule has 0 aliphatic heterocycles. The molecule has 1 amide bonds. The molecule has 9 heteroatoms. The minimum atomic E-state index is -0.318. The molecule has 138 valence electrons. The highest BCUT2D eigenvalue weighted by molar-refractivity contribution is 7.13. The van der Waals surface area contributed by atoms with Crippen molar-refractivity contribution >= 4 is 34.5 Å². The van der Waals surface area contributed by atoms with Crippen LogP contribution in [0.5, 0.6) is 0 Å². The summed E-state index contributed by atoms with van der Waals surface area (Å²) in [4.78, 5) is 21.0. The number of nitrogens with one attached hydrogen (secondary N) is 1. The predicted octanol–water partition coefficient (Wildman–Crippen LogP) is 3.30. The van der Waals surface area contributed by atoms with E-state index in [1.165, 1.54) is 22.3 Å². The van der Waals surface area contributed by atoms with Gasteiger partial charge in [0.2, 0.25) is 6.41 Å². The Morgan fingerprint density at radius 2 is 2.11 bits per heavy atom. The van der Waals surface area contributed by atoms with E-state index >= 15 is 0 Å². The Bertz CT molecular complexity index is 914. The van der Waals surface area contributed by atoms with Crippen molar-refractivity contribution in [2.45, 2.75) is 24.7 Å². The summed E-state index contributed by atoms with van der Waals surface area (Å²) in [6, 6.07) is 6.49. The number of amides is 1. The van der Waals surface area contributed by atoms with Crippen molar-refractivity contribution in [2.24, 2.45) is 0 Å². The van der Waals surface area contributed by atoms with E-state index in [1.807, 2.05) is 0 Å². The van der Waals surface area contributed by atoms with Crippen LogP contribution in [0.15, 0.2) is 42.0 Å². The Morgan fingerprint density at radius 3 is 2.70 bits per heavy atom. The number of rotatable bonds is 7. The van der Waals surface area contributed by atoms with Crippen LogP contribution in [0.3, 0.4) is 0 Å². The van der Waals surface area contributed by atoms with Crippen LogP contribution in [-0.2, 0) is 10.2 Å². The number of nitrogens with zero attached hydrogens (tertiary/aromatic N) is 5. The van der Waals surface area contributed by atoms with Crippen molar-refractivity contribution in [3.05, 3.63) is 53.6 Å². The number of anilines is 3. The number of carbonyl (C=O) groups excluding carboxylic acids is 1. The summed E-state index contributed by atoms with van der Waals surface area (Å²) >= 11 is 1.34. The lowest BCUT2D eigenvalue weighted by Gasteiger charge is -2.41. The second kappa shape index (κ2) is 7.36. The second-order valence-corrected chi connectivity index (χ2v) is 7.26. The van der Waals surface area contributed by atoms with Gasteiger partial charge < -0.3 is 5.32 Å². The molecule has 0 radical (unpaired) electrons. The normalized spacial score (nSPS) is 15.0. The zero-order valence-electron chi connectivity index (χ0n) is 14.4. The largest absolute Gasteiger partial charge is 0.368 e. The van der Waals surface area contributed by atoms with Crippen LogP contribution in [0.25, 0.3) is 0 Å². The molecule has 1 saturated carbocycles. The third-order valence-electron chi connectivity index (χ3n) is 4.81. The van der Waals surface area contributed by atoms with Crippen LogP contribution in [-0.4, -0.2) is 33.1 Å². The molecule has 4 rings (SSSR count). The first-order valence-electron chi connectivity index (χ1n) is 8.54. The smallest absolute Gasteiger partial charge is 0.221 e. The van der Waals surface area contributed by atoms with Gasteiger partial charge in [-0.25, -0.2) is 14.3 Å². The fourth-order valence-corrected chi connectivity index (χ4v) is 3.83. The summed E-state index contributed by atoms with van der Waals surface area (Å²) < 4.78 is 14.2. The maximum absolute atomic E-state index is 14.2. The number of hydrogen-bond acceptors (Lipinski definition) is 7. The first-order chi connectivity index (χ1) is 13.2. The summed E-state index contributed by atoms with van der Waals surface area (Å²) in [6.45, 7) is 0.527. The molecule has 0 atom stereocenters. The van der Waals surface area contributed by atoms with E-state index in [0.29, 0.717) is 35.4 Å². The number of hydrogen-bond donors (Lipinski definition) is 1. The number of thiazole rings is 1. The molecule has 1 aliphatic rings. The van der Waals surface area contributed by atoms with Crippen LogP contribution in [0.1, 0.15) is 25.0 Å². The van der Waals surface area contributed by atoms with Crippen molar-refractivity contribution in [2.75, 3.05) is 16.8 Å². The highest BCUT2D eigenvalue weighted by Gasteiger charge is 2.41. The number of carbonyl (C=O) groups is 1. The number of pyridine rings is 1. The zero-order valence-corrected chi connectivity index (χ0v) is 15.2. The van der Waals surface area contributed by atoms with E-state index in [1.54, 1.807) is 36.0 Å². The summed E-state index contributed by atoms with van der Waals surface area (Å²) in [7, 11) is 0. The molecule has 0 aromatic carbocycles. The van der Waals surface area contributed by atoms with E-state index in [0.717, 1.165) is 19.3 Å². The Kier molecular flexibility index (Phi) is 4.76. The lowest BCUT2D eigenvalue weighted by atomic mass is 9.66. The van der Waals surface area contributed by atoms with Gasteiger partial charge in [-0.05, 0) is 37.1 Å². The van der Waals surface area contributed by atoms with Crippen LogP contribution in [0.2, 0.25) is 0 Å². The lowest BCUT2D eigenvalue weighted by Crippen LogP contribution is -2.42. The molecular formula is C18H17FN6OS. The highest BCUT2D eigenvalue weighted by atomic mass is 32.1. The molecular weight excluding hydrogens is 367 g/mol. The number of halogens is 1. The summed E-state index contributed by atoms with van der Waals surface area (Å²) in [5.74, 6) is 0.677. The molecule has 0 bridgehead atoms. The van der Waals surface area contributed by atoms with E-state index in [9.17, 15) is 9.18 Å².